The summed E-state index contributed by atoms with van der Waals surface area (Å²) in [6, 6.07) is 4.39. The van der Waals surface area contributed by atoms with E-state index in [9.17, 15) is 14.7 Å². The fourth-order valence-electron chi connectivity index (χ4n) is 2.36. The van der Waals surface area contributed by atoms with Gasteiger partial charge in [-0.3, -0.25) is 9.69 Å². The zero-order chi connectivity index (χ0) is 15.9. The minimum absolute atomic E-state index is 0.153. The Morgan fingerprint density at radius 3 is 2.91 bits per heavy atom. The molecule has 1 aromatic heterocycles. The van der Waals surface area contributed by atoms with Crippen molar-refractivity contribution in [2.24, 2.45) is 0 Å². The van der Waals surface area contributed by atoms with Gasteiger partial charge in [0.25, 0.3) is 5.91 Å². The van der Waals surface area contributed by atoms with Gasteiger partial charge in [-0.2, -0.15) is 0 Å². The molecule has 3 rings (SSSR count). The molecule has 1 N–H and O–H groups in total. The van der Waals surface area contributed by atoms with Crippen molar-refractivity contribution in [1.29, 1.82) is 0 Å². The van der Waals surface area contributed by atoms with Crippen LogP contribution < -0.4 is 9.64 Å². The van der Waals surface area contributed by atoms with Gasteiger partial charge in [0.15, 0.2) is 6.61 Å². The highest BCUT2D eigenvalue weighted by Gasteiger charge is 2.33. The maximum Gasteiger partial charge on any atom is 0.326 e. The lowest BCUT2D eigenvalue weighted by Crippen LogP contribution is -2.48. The third-order valence-corrected chi connectivity index (χ3v) is 4.27. The van der Waals surface area contributed by atoms with E-state index in [0.29, 0.717) is 11.4 Å². The first-order valence-corrected chi connectivity index (χ1v) is 7.59. The highest BCUT2D eigenvalue weighted by molar-refractivity contribution is 7.09. The van der Waals surface area contributed by atoms with Gasteiger partial charge in [-0.1, -0.05) is 0 Å². The first-order valence-electron chi connectivity index (χ1n) is 6.71. The number of ether oxygens (including phenoxy) is 1. The molecular formula is C15H14N2O4S. The van der Waals surface area contributed by atoms with E-state index in [1.54, 1.807) is 12.1 Å². The number of anilines is 1. The summed E-state index contributed by atoms with van der Waals surface area (Å²) in [7, 11) is 0. The summed E-state index contributed by atoms with van der Waals surface area (Å²) in [6.45, 7) is 3.24. The number of carbonyl (C=O) groups excluding carboxylic acids is 1. The van der Waals surface area contributed by atoms with Crippen molar-refractivity contribution < 1.29 is 19.4 Å². The predicted molar refractivity (Wildman–Crippen MR) is 82.4 cm³/mol. The van der Waals surface area contributed by atoms with Crippen molar-refractivity contribution in [3.63, 3.8) is 0 Å². The van der Waals surface area contributed by atoms with Crippen molar-refractivity contribution in [1.82, 2.24) is 4.98 Å². The smallest absolute Gasteiger partial charge is 0.326 e. The molecular weight excluding hydrogens is 304 g/mol. The van der Waals surface area contributed by atoms with Crippen LogP contribution in [0, 0.1) is 6.92 Å². The molecule has 114 valence electrons. The lowest BCUT2D eigenvalue weighted by Gasteiger charge is -2.32. The van der Waals surface area contributed by atoms with Crippen molar-refractivity contribution in [3.8, 4) is 17.0 Å². The molecule has 0 saturated carbocycles. The van der Waals surface area contributed by atoms with E-state index in [1.165, 1.54) is 23.2 Å². The van der Waals surface area contributed by atoms with Gasteiger partial charge >= 0.3 is 5.97 Å². The fraction of sp³-hybridized carbons (Fsp3) is 0.267. The van der Waals surface area contributed by atoms with Gasteiger partial charge in [0.1, 0.15) is 11.8 Å². The molecule has 6 nitrogen and oxygen atoms in total. The molecule has 1 aromatic carbocycles. The fourth-order valence-corrected chi connectivity index (χ4v) is 2.98. The zero-order valence-corrected chi connectivity index (χ0v) is 12.9. The maximum atomic E-state index is 12.1. The summed E-state index contributed by atoms with van der Waals surface area (Å²) in [5.41, 5.74) is 2.09. The van der Waals surface area contributed by atoms with Crippen LogP contribution in [-0.2, 0) is 9.59 Å². The van der Waals surface area contributed by atoms with Gasteiger partial charge in [0, 0.05) is 10.9 Å². The van der Waals surface area contributed by atoms with Crippen molar-refractivity contribution in [2.75, 3.05) is 11.5 Å². The van der Waals surface area contributed by atoms with Gasteiger partial charge in [0.05, 0.1) is 16.4 Å². The minimum atomic E-state index is -1.06. The van der Waals surface area contributed by atoms with Crippen LogP contribution in [0.15, 0.2) is 23.6 Å². The number of aromatic nitrogens is 1. The van der Waals surface area contributed by atoms with Gasteiger partial charge in [-0.25, -0.2) is 9.78 Å². The second kappa shape index (κ2) is 5.42. The topological polar surface area (TPSA) is 79.7 Å². The van der Waals surface area contributed by atoms with E-state index in [1.807, 2.05) is 18.4 Å². The van der Waals surface area contributed by atoms with E-state index >= 15 is 0 Å². The van der Waals surface area contributed by atoms with Crippen LogP contribution >= 0.6 is 11.3 Å². The Morgan fingerprint density at radius 2 is 2.27 bits per heavy atom. The molecule has 2 heterocycles. The average Bonchev–Trinajstić information content (AvgIpc) is 2.92. The number of amides is 1. The molecule has 1 aliphatic rings. The Hall–Kier alpha value is -2.41. The van der Waals surface area contributed by atoms with Gasteiger partial charge in [-0.05, 0) is 32.0 Å². The first-order chi connectivity index (χ1) is 10.5. The van der Waals surface area contributed by atoms with Crippen molar-refractivity contribution in [3.05, 3.63) is 28.6 Å². The number of hydrogen-bond acceptors (Lipinski definition) is 5. The Bertz CT molecular complexity index is 756. The molecule has 0 spiro atoms. The van der Waals surface area contributed by atoms with Gasteiger partial charge in [-0.15, -0.1) is 11.3 Å². The number of carbonyl (C=O) groups is 2. The molecule has 0 aliphatic carbocycles. The summed E-state index contributed by atoms with van der Waals surface area (Å²) in [5.74, 6) is -0.923. The normalized spacial score (nSPS) is 15.2. The monoisotopic (exact) mass is 318 g/mol. The van der Waals surface area contributed by atoms with E-state index < -0.39 is 12.0 Å². The number of nitrogens with zero attached hydrogens (tertiary/aromatic N) is 2. The minimum Gasteiger partial charge on any atom is -0.482 e. The average molecular weight is 318 g/mol. The number of carboxylic acid groups (broad SMARTS) is 1. The van der Waals surface area contributed by atoms with E-state index in [-0.39, 0.29) is 12.5 Å². The van der Waals surface area contributed by atoms with Crippen LogP contribution in [-0.4, -0.2) is 34.6 Å². The summed E-state index contributed by atoms with van der Waals surface area (Å²) in [6.07, 6.45) is 0. The molecule has 0 fully saturated rings. The Labute approximate surface area is 131 Å². The molecule has 0 bridgehead atoms. The number of aliphatic carboxylic acids is 1. The third kappa shape index (κ3) is 2.43. The first kappa shape index (κ1) is 14.5. The highest BCUT2D eigenvalue weighted by Crippen LogP contribution is 2.37. The number of carboxylic acids is 1. The molecule has 1 amide bonds. The van der Waals surface area contributed by atoms with Crippen LogP contribution in [0.3, 0.4) is 0 Å². The quantitative estimate of drug-likeness (QED) is 0.939. The standard InChI is InChI=1S/C15H14N2O4S/c1-8(15(19)20)17-12-5-10(11-7-22-9(2)16-11)3-4-13(12)21-6-14(17)18/h3-5,7-8H,6H2,1-2H3,(H,19,20). The summed E-state index contributed by atoms with van der Waals surface area (Å²) in [4.78, 5) is 29.0. The molecule has 1 unspecified atom stereocenters. The zero-order valence-electron chi connectivity index (χ0n) is 12.1. The highest BCUT2D eigenvalue weighted by atomic mass is 32.1. The lowest BCUT2D eigenvalue weighted by atomic mass is 10.1. The molecule has 0 saturated heterocycles. The molecule has 2 aromatic rings. The number of thiazole rings is 1. The van der Waals surface area contributed by atoms with Crippen LogP contribution in [0.4, 0.5) is 5.69 Å². The SMILES string of the molecule is Cc1nc(-c2ccc3c(c2)N(C(C)C(=O)O)C(=O)CO3)cs1. The number of hydrogen-bond donors (Lipinski definition) is 1. The number of fused-ring (bicyclic) bond motifs is 1. The number of rotatable bonds is 3. The maximum absolute atomic E-state index is 12.1. The number of aryl methyl sites for hydroxylation is 1. The second-order valence-electron chi connectivity index (χ2n) is 5.00. The molecule has 7 heteroatoms. The number of benzene rings is 1. The van der Waals surface area contributed by atoms with Crippen LogP contribution in [0.1, 0.15) is 11.9 Å². The van der Waals surface area contributed by atoms with E-state index in [2.05, 4.69) is 4.98 Å². The van der Waals surface area contributed by atoms with Crippen LogP contribution in [0.25, 0.3) is 11.3 Å². The van der Waals surface area contributed by atoms with Gasteiger partial charge in [0.2, 0.25) is 0 Å². The Morgan fingerprint density at radius 1 is 1.50 bits per heavy atom. The predicted octanol–water partition coefficient (Wildman–Crippen LogP) is 2.32. The van der Waals surface area contributed by atoms with Crippen LogP contribution in [0.5, 0.6) is 5.75 Å². The molecule has 1 atom stereocenters. The lowest BCUT2D eigenvalue weighted by molar-refractivity contribution is -0.140. The summed E-state index contributed by atoms with van der Waals surface area (Å²) >= 11 is 1.53. The van der Waals surface area contributed by atoms with E-state index in [0.717, 1.165) is 16.3 Å². The molecule has 0 radical (unpaired) electrons. The Balaban J connectivity index is 2.08. The van der Waals surface area contributed by atoms with Gasteiger partial charge < -0.3 is 9.84 Å². The molecule has 1 aliphatic heterocycles. The van der Waals surface area contributed by atoms with Crippen molar-refractivity contribution in [2.45, 2.75) is 19.9 Å². The second-order valence-corrected chi connectivity index (χ2v) is 6.06. The third-order valence-electron chi connectivity index (χ3n) is 3.50. The summed E-state index contributed by atoms with van der Waals surface area (Å²) < 4.78 is 5.39. The molecule has 22 heavy (non-hydrogen) atoms. The Kier molecular flexibility index (Phi) is 3.58. The largest absolute Gasteiger partial charge is 0.482 e. The summed E-state index contributed by atoms with van der Waals surface area (Å²) in [5, 5.41) is 12.1. The van der Waals surface area contributed by atoms with Crippen molar-refractivity contribution >= 4 is 28.9 Å². The van der Waals surface area contributed by atoms with E-state index in [4.69, 9.17) is 4.74 Å². The van der Waals surface area contributed by atoms with Crippen LogP contribution in [0.2, 0.25) is 0 Å².